The third-order valence-electron chi connectivity index (χ3n) is 3.45. The highest BCUT2D eigenvalue weighted by Gasteiger charge is 2.20. The van der Waals surface area contributed by atoms with Gasteiger partial charge in [-0.1, -0.05) is 6.07 Å². The summed E-state index contributed by atoms with van der Waals surface area (Å²) in [5.41, 5.74) is 0.556. The van der Waals surface area contributed by atoms with Crippen molar-refractivity contribution in [1.82, 2.24) is 15.6 Å². The van der Waals surface area contributed by atoms with Crippen LogP contribution >= 0.6 is 22.7 Å². The lowest BCUT2D eigenvalue weighted by Crippen LogP contribution is -2.27. The van der Waals surface area contributed by atoms with Crippen LogP contribution in [0.5, 0.6) is 0 Å². The highest BCUT2D eigenvalue weighted by Crippen LogP contribution is 2.27. The van der Waals surface area contributed by atoms with E-state index in [-0.39, 0.29) is 5.91 Å². The minimum atomic E-state index is -0.0742. The maximum absolute atomic E-state index is 12.1. The summed E-state index contributed by atoms with van der Waals surface area (Å²) in [4.78, 5) is 17.7. The van der Waals surface area contributed by atoms with Crippen molar-refractivity contribution in [3.63, 3.8) is 0 Å². The average molecular weight is 307 g/mol. The van der Waals surface area contributed by atoms with E-state index >= 15 is 0 Å². The summed E-state index contributed by atoms with van der Waals surface area (Å²) in [5, 5.41) is 11.3. The highest BCUT2D eigenvalue weighted by molar-refractivity contribution is 7.10. The van der Waals surface area contributed by atoms with Crippen LogP contribution in [0.4, 0.5) is 0 Å². The van der Waals surface area contributed by atoms with Gasteiger partial charge in [0.05, 0.1) is 11.6 Å². The third-order valence-corrected chi connectivity index (χ3v) is 5.33. The van der Waals surface area contributed by atoms with Crippen molar-refractivity contribution in [3.8, 4) is 0 Å². The van der Waals surface area contributed by atoms with Crippen LogP contribution in [0.2, 0.25) is 0 Å². The number of hydrogen-bond donors (Lipinski definition) is 2. The second-order valence-corrected chi connectivity index (χ2v) is 6.78. The topological polar surface area (TPSA) is 54.0 Å². The number of aromatic nitrogens is 1. The maximum atomic E-state index is 12.1. The molecule has 2 aromatic rings. The number of amides is 1. The molecule has 6 heteroatoms. The minimum Gasteiger partial charge on any atom is -0.346 e. The second-order valence-electron chi connectivity index (χ2n) is 4.86. The standard InChI is InChI=1S/C14H17N3OS2/c18-13(16-8-11-2-1-7-19-11)12-9-20-14(17-12)10-3-5-15-6-4-10/h1-2,7,9-10,15H,3-6,8H2,(H,16,18). The fraction of sp³-hybridized carbons (Fsp3) is 0.429. The smallest absolute Gasteiger partial charge is 0.271 e. The number of thiophene rings is 1. The summed E-state index contributed by atoms with van der Waals surface area (Å²) in [6.45, 7) is 2.67. The van der Waals surface area contributed by atoms with Crippen molar-refractivity contribution >= 4 is 28.6 Å². The molecule has 0 spiro atoms. The molecule has 0 atom stereocenters. The predicted molar refractivity (Wildman–Crippen MR) is 82.4 cm³/mol. The van der Waals surface area contributed by atoms with Crippen LogP contribution in [0.25, 0.3) is 0 Å². The van der Waals surface area contributed by atoms with E-state index in [4.69, 9.17) is 0 Å². The van der Waals surface area contributed by atoms with E-state index in [1.54, 1.807) is 22.7 Å². The number of hydrogen-bond acceptors (Lipinski definition) is 5. The quantitative estimate of drug-likeness (QED) is 0.913. The summed E-state index contributed by atoms with van der Waals surface area (Å²) >= 11 is 3.26. The fourth-order valence-electron chi connectivity index (χ4n) is 2.32. The molecule has 0 aliphatic carbocycles. The monoisotopic (exact) mass is 307 g/mol. The van der Waals surface area contributed by atoms with Crippen LogP contribution < -0.4 is 10.6 Å². The molecule has 106 valence electrons. The van der Waals surface area contributed by atoms with Gasteiger partial charge in [0.15, 0.2) is 0 Å². The van der Waals surface area contributed by atoms with Crippen molar-refractivity contribution < 1.29 is 4.79 Å². The molecule has 0 saturated carbocycles. The Labute approximate surface area is 126 Å². The van der Waals surface area contributed by atoms with Gasteiger partial charge in [-0.3, -0.25) is 4.79 Å². The Balaban J connectivity index is 1.59. The van der Waals surface area contributed by atoms with Gasteiger partial charge in [-0.2, -0.15) is 0 Å². The minimum absolute atomic E-state index is 0.0742. The van der Waals surface area contributed by atoms with E-state index in [9.17, 15) is 4.79 Å². The Morgan fingerprint density at radius 1 is 1.40 bits per heavy atom. The Hall–Kier alpha value is -1.24. The Bertz CT molecular complexity index is 559. The summed E-state index contributed by atoms with van der Waals surface area (Å²) in [6.07, 6.45) is 2.23. The molecule has 2 aromatic heterocycles. The molecule has 20 heavy (non-hydrogen) atoms. The fourth-order valence-corrected chi connectivity index (χ4v) is 3.94. The normalized spacial score (nSPS) is 16.2. The van der Waals surface area contributed by atoms with E-state index < -0.39 is 0 Å². The van der Waals surface area contributed by atoms with Crippen LogP contribution in [0.15, 0.2) is 22.9 Å². The first-order valence-corrected chi connectivity index (χ1v) is 8.55. The van der Waals surface area contributed by atoms with Crippen LogP contribution in [0.1, 0.15) is 39.1 Å². The first-order chi connectivity index (χ1) is 9.83. The lowest BCUT2D eigenvalue weighted by atomic mass is 9.99. The van der Waals surface area contributed by atoms with E-state index in [2.05, 4.69) is 15.6 Å². The van der Waals surface area contributed by atoms with Gasteiger partial charge in [-0.15, -0.1) is 22.7 Å². The van der Waals surface area contributed by atoms with Crippen molar-refractivity contribution in [1.29, 1.82) is 0 Å². The lowest BCUT2D eigenvalue weighted by molar-refractivity contribution is 0.0947. The van der Waals surface area contributed by atoms with Gasteiger partial charge >= 0.3 is 0 Å². The van der Waals surface area contributed by atoms with Crippen LogP contribution in [-0.2, 0) is 6.54 Å². The average Bonchev–Trinajstić information content (AvgIpc) is 3.17. The number of rotatable bonds is 4. The molecule has 1 amide bonds. The van der Waals surface area contributed by atoms with Gasteiger partial charge in [-0.25, -0.2) is 4.98 Å². The molecule has 2 N–H and O–H groups in total. The van der Waals surface area contributed by atoms with E-state index in [0.717, 1.165) is 35.8 Å². The summed E-state index contributed by atoms with van der Waals surface area (Å²) in [6, 6.07) is 4.01. The highest BCUT2D eigenvalue weighted by atomic mass is 32.1. The number of carbonyl (C=O) groups excluding carboxylic acids is 1. The van der Waals surface area contributed by atoms with Gasteiger partial charge in [-0.05, 0) is 37.4 Å². The second kappa shape index (κ2) is 6.47. The van der Waals surface area contributed by atoms with Crippen LogP contribution in [0, 0.1) is 0 Å². The van der Waals surface area contributed by atoms with E-state index in [0.29, 0.717) is 18.2 Å². The van der Waals surface area contributed by atoms with Crippen LogP contribution in [0.3, 0.4) is 0 Å². The van der Waals surface area contributed by atoms with Crippen LogP contribution in [-0.4, -0.2) is 24.0 Å². The largest absolute Gasteiger partial charge is 0.346 e. The molecule has 4 nitrogen and oxygen atoms in total. The van der Waals surface area contributed by atoms with Gasteiger partial charge in [0.1, 0.15) is 5.69 Å². The molecule has 1 fully saturated rings. The first-order valence-electron chi connectivity index (χ1n) is 6.79. The number of nitrogens with one attached hydrogen (secondary N) is 2. The number of carbonyl (C=O) groups is 1. The van der Waals surface area contributed by atoms with Crippen molar-refractivity contribution in [3.05, 3.63) is 38.5 Å². The number of thiazole rings is 1. The zero-order valence-electron chi connectivity index (χ0n) is 11.1. The zero-order valence-corrected chi connectivity index (χ0v) is 12.7. The molecule has 0 bridgehead atoms. The van der Waals surface area contributed by atoms with E-state index in [1.165, 1.54) is 0 Å². The molecule has 1 saturated heterocycles. The summed E-state index contributed by atoms with van der Waals surface area (Å²) in [5.74, 6) is 0.440. The molecule has 1 aliphatic heterocycles. The van der Waals surface area contributed by atoms with Crippen molar-refractivity contribution in [2.75, 3.05) is 13.1 Å². The maximum Gasteiger partial charge on any atom is 0.271 e. The molecular weight excluding hydrogens is 290 g/mol. The van der Waals surface area contributed by atoms with Gasteiger partial charge in [0.25, 0.3) is 5.91 Å². The molecular formula is C14H17N3OS2. The SMILES string of the molecule is O=C(NCc1cccs1)c1csc(C2CCNCC2)n1. The molecule has 3 rings (SSSR count). The Morgan fingerprint density at radius 2 is 2.25 bits per heavy atom. The van der Waals surface area contributed by atoms with E-state index in [1.807, 2.05) is 22.9 Å². The Kier molecular flexibility index (Phi) is 4.44. The summed E-state index contributed by atoms with van der Waals surface area (Å²) in [7, 11) is 0. The molecule has 0 unspecified atom stereocenters. The third kappa shape index (κ3) is 3.26. The van der Waals surface area contributed by atoms with Gasteiger partial charge < -0.3 is 10.6 Å². The number of nitrogens with zero attached hydrogens (tertiary/aromatic N) is 1. The first kappa shape index (κ1) is 13.7. The number of piperidine rings is 1. The molecule has 3 heterocycles. The predicted octanol–water partition coefficient (Wildman–Crippen LogP) is 2.60. The van der Waals surface area contributed by atoms with Crippen molar-refractivity contribution in [2.45, 2.75) is 25.3 Å². The molecule has 0 aromatic carbocycles. The lowest BCUT2D eigenvalue weighted by Gasteiger charge is -2.20. The van der Waals surface area contributed by atoms with Gasteiger partial charge in [0.2, 0.25) is 0 Å². The van der Waals surface area contributed by atoms with Crippen molar-refractivity contribution in [2.24, 2.45) is 0 Å². The Morgan fingerprint density at radius 3 is 3.00 bits per heavy atom. The molecule has 1 aliphatic rings. The zero-order chi connectivity index (χ0) is 13.8. The van der Waals surface area contributed by atoms with Gasteiger partial charge in [0, 0.05) is 16.2 Å². The summed E-state index contributed by atoms with van der Waals surface area (Å²) < 4.78 is 0. The molecule has 0 radical (unpaired) electrons.